The van der Waals surface area contributed by atoms with E-state index in [-0.39, 0.29) is 13.2 Å². The summed E-state index contributed by atoms with van der Waals surface area (Å²) in [7, 11) is 1.36. The zero-order valence-electron chi connectivity index (χ0n) is 9.87. The molecule has 18 heavy (non-hydrogen) atoms. The van der Waals surface area contributed by atoms with E-state index >= 15 is 0 Å². The fourth-order valence-electron chi connectivity index (χ4n) is 1.69. The molecule has 0 N–H and O–H groups in total. The predicted molar refractivity (Wildman–Crippen MR) is 60.3 cm³/mol. The van der Waals surface area contributed by atoms with E-state index in [0.717, 1.165) is 10.7 Å². The molecule has 1 atom stereocenters. The van der Waals surface area contributed by atoms with Gasteiger partial charge in [0.2, 0.25) is 0 Å². The Hall–Kier alpha value is -0.500. The first-order valence-corrected chi connectivity index (χ1v) is 6.60. The molecule has 1 saturated heterocycles. The molecule has 1 unspecified atom stereocenters. The van der Waals surface area contributed by atoms with Crippen LogP contribution in [0.3, 0.4) is 0 Å². The van der Waals surface area contributed by atoms with Crippen molar-refractivity contribution in [2.75, 3.05) is 31.8 Å². The SMILES string of the molecule is COCCN(C(=O)C(F)(F)C(F)F)C1CCSC1. The summed E-state index contributed by atoms with van der Waals surface area (Å²) >= 11 is 1.51. The zero-order valence-corrected chi connectivity index (χ0v) is 10.7. The highest BCUT2D eigenvalue weighted by atomic mass is 32.2. The van der Waals surface area contributed by atoms with Gasteiger partial charge in [-0.15, -0.1) is 0 Å². The first-order chi connectivity index (χ1) is 8.41. The minimum Gasteiger partial charge on any atom is -0.383 e. The summed E-state index contributed by atoms with van der Waals surface area (Å²) in [6.45, 7) is -0.0465. The van der Waals surface area contributed by atoms with Crippen LogP contribution in [0.15, 0.2) is 0 Å². The van der Waals surface area contributed by atoms with Crippen molar-refractivity contribution >= 4 is 17.7 Å². The normalized spacial score (nSPS) is 20.4. The third-order valence-electron chi connectivity index (χ3n) is 2.70. The number of carbonyl (C=O) groups is 1. The summed E-state index contributed by atoms with van der Waals surface area (Å²) in [5.41, 5.74) is 0. The summed E-state index contributed by atoms with van der Waals surface area (Å²) in [6.07, 6.45) is -3.44. The van der Waals surface area contributed by atoms with Crippen LogP contribution < -0.4 is 0 Å². The maximum atomic E-state index is 13.1. The topological polar surface area (TPSA) is 29.5 Å². The monoisotopic (exact) mass is 289 g/mol. The van der Waals surface area contributed by atoms with Crippen LogP contribution >= 0.6 is 11.8 Å². The Bertz CT molecular complexity index is 285. The lowest BCUT2D eigenvalue weighted by atomic mass is 10.2. The highest BCUT2D eigenvalue weighted by Crippen LogP contribution is 2.29. The number of ether oxygens (including phenoxy) is 1. The van der Waals surface area contributed by atoms with Crippen LogP contribution in [-0.2, 0) is 9.53 Å². The Morgan fingerprint density at radius 3 is 2.67 bits per heavy atom. The van der Waals surface area contributed by atoms with Crippen LogP contribution in [0.25, 0.3) is 0 Å². The minimum atomic E-state index is -4.62. The Labute approximate surface area is 107 Å². The Morgan fingerprint density at radius 2 is 2.22 bits per heavy atom. The number of rotatable bonds is 6. The summed E-state index contributed by atoms with van der Waals surface area (Å²) in [6, 6.07) is -0.415. The van der Waals surface area contributed by atoms with Gasteiger partial charge in [0.1, 0.15) is 0 Å². The lowest BCUT2D eigenvalue weighted by Crippen LogP contribution is -2.52. The molecule has 1 amide bonds. The largest absolute Gasteiger partial charge is 0.383 e. The van der Waals surface area contributed by atoms with E-state index in [0.29, 0.717) is 12.2 Å². The number of nitrogens with zero attached hydrogens (tertiary/aromatic N) is 1. The number of carbonyl (C=O) groups excluding carboxylic acids is 1. The molecule has 1 heterocycles. The molecule has 0 aliphatic carbocycles. The lowest BCUT2D eigenvalue weighted by Gasteiger charge is -2.31. The Kier molecular flexibility index (Phi) is 5.71. The number of methoxy groups -OCH3 is 1. The molecule has 0 bridgehead atoms. The van der Waals surface area contributed by atoms with Gasteiger partial charge in [-0.2, -0.15) is 20.5 Å². The van der Waals surface area contributed by atoms with Gasteiger partial charge in [0.25, 0.3) is 5.91 Å². The highest BCUT2D eigenvalue weighted by molar-refractivity contribution is 7.99. The van der Waals surface area contributed by atoms with E-state index in [4.69, 9.17) is 4.74 Å². The van der Waals surface area contributed by atoms with Crippen LogP contribution in [0, 0.1) is 0 Å². The van der Waals surface area contributed by atoms with E-state index in [1.807, 2.05) is 0 Å². The first-order valence-electron chi connectivity index (χ1n) is 5.45. The van der Waals surface area contributed by atoms with E-state index < -0.39 is 24.3 Å². The summed E-state index contributed by atoms with van der Waals surface area (Å²) in [5.74, 6) is -5.20. The van der Waals surface area contributed by atoms with Crippen molar-refractivity contribution in [3.05, 3.63) is 0 Å². The quantitative estimate of drug-likeness (QED) is 0.699. The molecule has 1 aliphatic heterocycles. The molecule has 3 nitrogen and oxygen atoms in total. The third-order valence-corrected chi connectivity index (χ3v) is 3.85. The second-order valence-corrected chi connectivity index (χ2v) is 5.08. The molecule has 0 aromatic heterocycles. The van der Waals surface area contributed by atoms with Crippen molar-refractivity contribution in [2.45, 2.75) is 24.8 Å². The van der Waals surface area contributed by atoms with Crippen molar-refractivity contribution in [1.29, 1.82) is 0 Å². The van der Waals surface area contributed by atoms with E-state index in [1.165, 1.54) is 18.9 Å². The molecule has 0 aromatic rings. The number of amides is 1. The molecule has 1 aliphatic rings. The molecule has 1 fully saturated rings. The van der Waals surface area contributed by atoms with Crippen LogP contribution in [0.4, 0.5) is 17.6 Å². The van der Waals surface area contributed by atoms with E-state index in [9.17, 15) is 22.4 Å². The van der Waals surface area contributed by atoms with Gasteiger partial charge in [-0.05, 0) is 12.2 Å². The van der Waals surface area contributed by atoms with Gasteiger partial charge in [-0.1, -0.05) is 0 Å². The van der Waals surface area contributed by atoms with Crippen molar-refractivity contribution in [1.82, 2.24) is 4.90 Å². The fraction of sp³-hybridized carbons (Fsp3) is 0.900. The van der Waals surface area contributed by atoms with Gasteiger partial charge >= 0.3 is 12.3 Å². The minimum absolute atomic E-state index is 0.0478. The summed E-state index contributed by atoms with van der Waals surface area (Å²) in [5, 5.41) is 0. The maximum absolute atomic E-state index is 13.1. The van der Waals surface area contributed by atoms with E-state index in [1.54, 1.807) is 0 Å². The number of hydrogen-bond donors (Lipinski definition) is 0. The average Bonchev–Trinajstić information content (AvgIpc) is 2.82. The second-order valence-electron chi connectivity index (χ2n) is 3.93. The van der Waals surface area contributed by atoms with Crippen LogP contribution in [0.1, 0.15) is 6.42 Å². The third kappa shape index (κ3) is 3.50. The van der Waals surface area contributed by atoms with Gasteiger partial charge in [0, 0.05) is 25.4 Å². The van der Waals surface area contributed by atoms with Crippen molar-refractivity contribution in [2.24, 2.45) is 0 Å². The second kappa shape index (κ2) is 6.60. The lowest BCUT2D eigenvalue weighted by molar-refractivity contribution is -0.183. The Balaban J connectivity index is 2.77. The van der Waals surface area contributed by atoms with Crippen molar-refractivity contribution in [3.8, 4) is 0 Å². The molecule has 0 radical (unpaired) electrons. The van der Waals surface area contributed by atoms with Crippen molar-refractivity contribution < 1.29 is 27.1 Å². The highest BCUT2D eigenvalue weighted by Gasteiger charge is 2.52. The molecule has 1 rings (SSSR count). The molecule has 106 valence electrons. The van der Waals surface area contributed by atoms with Crippen LogP contribution in [0.2, 0.25) is 0 Å². The molecule has 8 heteroatoms. The number of hydrogen-bond acceptors (Lipinski definition) is 3. The molecular weight excluding hydrogens is 274 g/mol. The summed E-state index contributed by atoms with van der Waals surface area (Å²) in [4.78, 5) is 12.4. The first kappa shape index (κ1) is 15.6. The molecule has 0 saturated carbocycles. The number of halogens is 4. The molecule has 0 spiro atoms. The van der Waals surface area contributed by atoms with Crippen LogP contribution in [-0.4, -0.2) is 61.0 Å². The summed E-state index contributed by atoms with van der Waals surface area (Å²) < 4.78 is 55.3. The van der Waals surface area contributed by atoms with E-state index in [2.05, 4.69) is 0 Å². The average molecular weight is 289 g/mol. The van der Waals surface area contributed by atoms with Gasteiger partial charge in [0.05, 0.1) is 6.61 Å². The maximum Gasteiger partial charge on any atom is 0.383 e. The standard InChI is InChI=1S/C10H15F4NO2S/c1-17-4-3-15(7-2-5-18-6-7)9(16)10(13,14)8(11)12/h7-8H,2-6H2,1H3. The van der Waals surface area contributed by atoms with Gasteiger partial charge < -0.3 is 9.64 Å². The molecule has 0 aromatic carbocycles. The van der Waals surface area contributed by atoms with Gasteiger partial charge in [-0.25, -0.2) is 8.78 Å². The number of thioether (sulfide) groups is 1. The molecular formula is C10H15F4NO2S. The fourth-order valence-corrected chi connectivity index (χ4v) is 2.92. The predicted octanol–water partition coefficient (Wildman–Crippen LogP) is 1.87. The zero-order chi connectivity index (χ0) is 13.8. The van der Waals surface area contributed by atoms with Gasteiger partial charge in [0.15, 0.2) is 0 Å². The van der Waals surface area contributed by atoms with Crippen LogP contribution in [0.5, 0.6) is 0 Å². The van der Waals surface area contributed by atoms with Crippen molar-refractivity contribution in [3.63, 3.8) is 0 Å². The Morgan fingerprint density at radius 1 is 1.56 bits per heavy atom. The number of alkyl halides is 4. The smallest absolute Gasteiger partial charge is 0.383 e. The van der Waals surface area contributed by atoms with Gasteiger partial charge in [-0.3, -0.25) is 4.79 Å².